The molecule has 0 aromatic rings. The number of hydrogen-bond donors (Lipinski definition) is 2. The van der Waals surface area contributed by atoms with E-state index in [1.807, 2.05) is 0 Å². The molecule has 0 atom stereocenters. The van der Waals surface area contributed by atoms with Gasteiger partial charge in [0.25, 0.3) is 0 Å². The molecule has 0 aliphatic carbocycles. The van der Waals surface area contributed by atoms with Crippen molar-refractivity contribution < 1.29 is 5.11 Å². The lowest BCUT2D eigenvalue weighted by Crippen LogP contribution is -1.85. The van der Waals surface area contributed by atoms with Gasteiger partial charge < -0.3 is 11.3 Å². The van der Waals surface area contributed by atoms with Crippen LogP contribution >= 0.6 is 0 Å². The quantitative estimate of drug-likeness (QED) is 0.405. The van der Waals surface area contributed by atoms with Gasteiger partial charge in [0.1, 0.15) is 0 Å². The van der Waals surface area contributed by atoms with Crippen molar-refractivity contribution >= 4 is 17.4 Å². The molecule has 0 amide bonds. The fourth-order valence-corrected chi connectivity index (χ4v) is 0. The molecule has 2 nitrogen and oxygen atoms in total. The molecule has 0 unspecified atom stereocenters. The molecule has 4 N–H and O–H groups in total. The van der Waals surface area contributed by atoms with Crippen LogP contribution in [0.5, 0.6) is 0 Å². The summed E-state index contributed by atoms with van der Waals surface area (Å²) in [5, 5.41) is 8.06. The fraction of sp³-hybridized carbons (Fsp3) is 1.00. The molecule has 0 aliphatic rings. The van der Waals surface area contributed by atoms with Gasteiger partial charge in [-0.05, 0) is 13.8 Å². The lowest BCUT2D eigenvalue weighted by atomic mass is 10.5. The monoisotopic (exact) mass is 107 g/mol. The molecule has 0 rings (SSSR count). The van der Waals surface area contributed by atoms with Crippen LogP contribution in [0.3, 0.4) is 0 Å². The van der Waals surface area contributed by atoms with Gasteiger partial charge in [-0.2, -0.15) is 0 Å². The number of aliphatic hydroxyl groups is 1. The van der Waals surface area contributed by atoms with E-state index in [0.29, 0.717) is 0 Å². The lowest BCUT2D eigenvalue weighted by Gasteiger charge is -1.80. The van der Waals surface area contributed by atoms with E-state index in [1.54, 1.807) is 13.8 Å². The minimum Gasteiger partial charge on any atom is -0.394 e. The molecule has 0 bridgehead atoms. The molecule has 0 aromatic heterocycles. The zero-order valence-corrected chi connectivity index (χ0v) is 3.73. The van der Waals surface area contributed by atoms with Crippen LogP contribution < -0.4 is 6.15 Å². The van der Waals surface area contributed by atoms with Crippen molar-refractivity contribution in [3.63, 3.8) is 0 Å². The second kappa shape index (κ2) is 9.07. The molecule has 0 fully saturated rings. The summed E-state index contributed by atoms with van der Waals surface area (Å²) in [6.07, 6.45) is -0.167. The zero-order valence-electron chi connectivity index (χ0n) is 3.73. The SMILES string of the molecule is CC(C)O.N.[AlH3]. The highest BCUT2D eigenvalue weighted by Gasteiger charge is 1.69. The van der Waals surface area contributed by atoms with E-state index in [0.717, 1.165) is 0 Å². The van der Waals surface area contributed by atoms with Crippen LogP contribution in [0.4, 0.5) is 0 Å². The summed E-state index contributed by atoms with van der Waals surface area (Å²) in [7, 11) is 0. The van der Waals surface area contributed by atoms with Crippen molar-refractivity contribution in [1.29, 1.82) is 0 Å². The fourth-order valence-electron chi connectivity index (χ4n) is 0. The summed E-state index contributed by atoms with van der Waals surface area (Å²) < 4.78 is 0. The Kier molecular flexibility index (Phi) is 24.3. The Morgan fingerprint density at radius 2 is 1.33 bits per heavy atom. The van der Waals surface area contributed by atoms with E-state index in [-0.39, 0.29) is 29.6 Å². The van der Waals surface area contributed by atoms with Gasteiger partial charge in [-0.1, -0.05) is 0 Å². The molecule has 0 aliphatic heterocycles. The minimum atomic E-state index is -0.167. The van der Waals surface area contributed by atoms with Crippen LogP contribution in [-0.2, 0) is 0 Å². The highest BCUT2D eigenvalue weighted by Crippen LogP contribution is 1.65. The van der Waals surface area contributed by atoms with Gasteiger partial charge in [0.05, 0.1) is 0 Å². The smallest absolute Gasteiger partial charge is 0.187 e. The van der Waals surface area contributed by atoms with Crippen LogP contribution in [0.25, 0.3) is 0 Å². The van der Waals surface area contributed by atoms with Gasteiger partial charge in [-0.15, -0.1) is 0 Å². The Hall–Kier alpha value is 0.452. The number of aliphatic hydroxyl groups excluding tert-OH is 1. The largest absolute Gasteiger partial charge is 0.394 e. The minimum absolute atomic E-state index is 0. The third-order valence-corrected chi connectivity index (χ3v) is 0. The first-order chi connectivity index (χ1) is 1.73. The number of hydrogen-bond acceptors (Lipinski definition) is 2. The molecule has 0 saturated carbocycles. The Morgan fingerprint density at radius 1 is 1.33 bits per heavy atom. The maximum absolute atomic E-state index is 8.06. The normalized spacial score (nSPS) is 6.00. The van der Waals surface area contributed by atoms with Crippen molar-refractivity contribution in [3.8, 4) is 0 Å². The van der Waals surface area contributed by atoms with Crippen molar-refractivity contribution in [3.05, 3.63) is 0 Å². The summed E-state index contributed by atoms with van der Waals surface area (Å²) in [6.45, 7) is 3.44. The van der Waals surface area contributed by atoms with Gasteiger partial charge in [0, 0.05) is 6.10 Å². The Bertz CT molecular complexity index is 15.5. The van der Waals surface area contributed by atoms with Crippen LogP contribution in [0.1, 0.15) is 13.8 Å². The molecule has 0 aromatic carbocycles. The molecule has 6 heavy (non-hydrogen) atoms. The predicted molar refractivity (Wildman–Crippen MR) is 32.3 cm³/mol. The highest BCUT2D eigenvalue weighted by molar-refractivity contribution is 5.75. The van der Waals surface area contributed by atoms with E-state index in [4.69, 9.17) is 5.11 Å². The third-order valence-electron chi connectivity index (χ3n) is 0. The average molecular weight is 107 g/mol. The molecular formula is C3H14AlNO. The predicted octanol–water partition coefficient (Wildman–Crippen LogP) is -0.635. The Labute approximate surface area is 49.3 Å². The van der Waals surface area contributed by atoms with Crippen molar-refractivity contribution in [1.82, 2.24) is 6.15 Å². The molecule has 3 heteroatoms. The van der Waals surface area contributed by atoms with E-state index >= 15 is 0 Å². The third kappa shape index (κ3) is 259. The zero-order chi connectivity index (χ0) is 3.58. The van der Waals surface area contributed by atoms with Gasteiger partial charge >= 0.3 is 0 Å². The van der Waals surface area contributed by atoms with E-state index in [1.165, 1.54) is 0 Å². The summed E-state index contributed by atoms with van der Waals surface area (Å²) in [5.74, 6) is 0. The first kappa shape index (κ1) is 16.1. The highest BCUT2D eigenvalue weighted by atomic mass is 27.0. The van der Waals surface area contributed by atoms with Crippen LogP contribution in [0.2, 0.25) is 0 Å². The van der Waals surface area contributed by atoms with Crippen molar-refractivity contribution in [2.75, 3.05) is 0 Å². The van der Waals surface area contributed by atoms with Gasteiger partial charge in [0.15, 0.2) is 17.4 Å². The van der Waals surface area contributed by atoms with Crippen LogP contribution in [0, 0.1) is 0 Å². The van der Waals surface area contributed by atoms with Crippen molar-refractivity contribution in [2.24, 2.45) is 0 Å². The molecule has 0 saturated heterocycles. The van der Waals surface area contributed by atoms with Gasteiger partial charge in [0.2, 0.25) is 0 Å². The topological polar surface area (TPSA) is 55.2 Å². The first-order valence-corrected chi connectivity index (χ1v) is 1.41. The molecule has 0 heterocycles. The second-order valence-corrected chi connectivity index (χ2v) is 1.09. The van der Waals surface area contributed by atoms with E-state index in [2.05, 4.69) is 0 Å². The Morgan fingerprint density at radius 3 is 1.33 bits per heavy atom. The second-order valence-electron chi connectivity index (χ2n) is 1.09. The summed E-state index contributed by atoms with van der Waals surface area (Å²) >= 11 is 0. The maximum atomic E-state index is 8.06. The molecule has 0 spiro atoms. The average Bonchev–Trinajstić information content (AvgIpc) is 0.811. The number of rotatable bonds is 0. The van der Waals surface area contributed by atoms with Crippen LogP contribution in [0.15, 0.2) is 0 Å². The van der Waals surface area contributed by atoms with Gasteiger partial charge in [-0.3, -0.25) is 0 Å². The molecule has 0 radical (unpaired) electrons. The maximum Gasteiger partial charge on any atom is 0.187 e. The Balaban J connectivity index is -0.0000000450. The first-order valence-electron chi connectivity index (χ1n) is 1.41. The van der Waals surface area contributed by atoms with E-state index < -0.39 is 0 Å². The van der Waals surface area contributed by atoms with E-state index in [9.17, 15) is 0 Å². The molecule has 40 valence electrons. The van der Waals surface area contributed by atoms with Crippen molar-refractivity contribution in [2.45, 2.75) is 20.0 Å². The summed E-state index contributed by atoms with van der Waals surface area (Å²) in [4.78, 5) is 0. The lowest BCUT2D eigenvalue weighted by molar-refractivity contribution is 0.216. The molecular weight excluding hydrogens is 93.0 g/mol. The standard InChI is InChI=1S/C3H8O.Al.H3N.3H/c1-3(2)4;;;;;/h3-4H,1-2H3;;1H3;;;. The van der Waals surface area contributed by atoms with Gasteiger partial charge in [-0.25, -0.2) is 0 Å². The summed E-state index contributed by atoms with van der Waals surface area (Å²) in [6, 6.07) is 0. The summed E-state index contributed by atoms with van der Waals surface area (Å²) in [5.41, 5.74) is 0. The van der Waals surface area contributed by atoms with Crippen LogP contribution in [-0.4, -0.2) is 28.6 Å².